The molecule has 2 rings (SSSR count). The largest absolute Gasteiger partial charge is 0.302 e. The minimum Gasteiger partial charge on any atom is -0.302 e. The van der Waals surface area contributed by atoms with Gasteiger partial charge in [0, 0.05) is 13.0 Å². The van der Waals surface area contributed by atoms with Gasteiger partial charge in [-0.3, -0.25) is 4.79 Å². The van der Waals surface area contributed by atoms with Crippen molar-refractivity contribution in [1.29, 1.82) is 0 Å². The summed E-state index contributed by atoms with van der Waals surface area (Å²) in [5, 5.41) is 0. The molecule has 0 spiro atoms. The van der Waals surface area contributed by atoms with Gasteiger partial charge in [-0.1, -0.05) is 13.8 Å². The minimum atomic E-state index is -0.433. The highest BCUT2D eigenvalue weighted by atomic mass is 19.1. The summed E-state index contributed by atoms with van der Waals surface area (Å²) in [5.74, 6) is -0.261. The second-order valence-electron chi connectivity index (χ2n) is 4.21. The average molecular weight is 208 g/mol. The highest BCUT2D eigenvalue weighted by Gasteiger charge is 2.30. The molecule has 1 atom stereocenters. The van der Waals surface area contributed by atoms with Gasteiger partial charge < -0.3 is 4.57 Å². The van der Waals surface area contributed by atoms with Crippen LogP contribution < -0.4 is 5.56 Å². The Morgan fingerprint density at radius 2 is 2.20 bits per heavy atom. The molecule has 1 aromatic heterocycles. The van der Waals surface area contributed by atoms with E-state index in [4.69, 9.17) is 0 Å². The van der Waals surface area contributed by atoms with Gasteiger partial charge in [-0.2, -0.15) is 0 Å². The Morgan fingerprint density at radius 1 is 1.53 bits per heavy atom. The number of halogens is 1. The minimum absolute atomic E-state index is 0.0751. The van der Waals surface area contributed by atoms with Crippen LogP contribution in [0.3, 0.4) is 0 Å². The summed E-state index contributed by atoms with van der Waals surface area (Å²) in [6.45, 7) is 3.98. The lowest BCUT2D eigenvalue weighted by Gasteiger charge is -2.12. The first-order valence-electron chi connectivity index (χ1n) is 4.95. The van der Waals surface area contributed by atoms with E-state index in [1.165, 1.54) is 17.0 Å². The predicted molar refractivity (Wildman–Crippen MR) is 56.1 cm³/mol. The van der Waals surface area contributed by atoms with Crippen molar-refractivity contribution in [3.63, 3.8) is 0 Å². The molecule has 1 heterocycles. The molecule has 15 heavy (non-hydrogen) atoms. The lowest BCUT2D eigenvalue weighted by atomic mass is 9.95. The van der Waals surface area contributed by atoms with Crippen LogP contribution in [0.25, 0.3) is 5.83 Å². The topological polar surface area (TPSA) is 34.9 Å². The summed E-state index contributed by atoms with van der Waals surface area (Å²) in [4.78, 5) is 15.8. The summed E-state index contributed by atoms with van der Waals surface area (Å²) in [7, 11) is 1.57. The van der Waals surface area contributed by atoms with Crippen molar-refractivity contribution in [1.82, 2.24) is 9.55 Å². The summed E-state index contributed by atoms with van der Waals surface area (Å²) in [5.41, 5.74) is 0.404. The van der Waals surface area contributed by atoms with Crippen molar-refractivity contribution in [2.75, 3.05) is 0 Å². The van der Waals surface area contributed by atoms with Gasteiger partial charge in [-0.25, -0.2) is 9.37 Å². The van der Waals surface area contributed by atoms with Crippen LogP contribution in [0.1, 0.15) is 31.0 Å². The average Bonchev–Trinajstić information content (AvgIpc) is 2.50. The predicted octanol–water partition coefficient (Wildman–Crippen LogP) is 1.84. The van der Waals surface area contributed by atoms with Gasteiger partial charge in [0.05, 0.1) is 17.6 Å². The quantitative estimate of drug-likeness (QED) is 0.705. The Bertz CT molecular complexity index is 488. The first kappa shape index (κ1) is 10.1. The molecular formula is C11H13FN2O. The van der Waals surface area contributed by atoms with E-state index in [2.05, 4.69) is 4.98 Å². The molecule has 0 fully saturated rings. The fraction of sp³-hybridized carbons (Fsp3) is 0.455. The number of nitrogens with zero attached hydrogens (tertiary/aromatic N) is 2. The zero-order valence-corrected chi connectivity index (χ0v) is 8.99. The molecule has 0 saturated carbocycles. The van der Waals surface area contributed by atoms with Crippen LogP contribution in [-0.4, -0.2) is 9.55 Å². The third kappa shape index (κ3) is 1.40. The van der Waals surface area contributed by atoms with Gasteiger partial charge in [0.2, 0.25) is 0 Å². The molecule has 3 nitrogen and oxygen atoms in total. The number of rotatable bonds is 1. The molecule has 1 aliphatic carbocycles. The first-order chi connectivity index (χ1) is 7.02. The number of aryl methyl sites for hydroxylation is 1. The molecule has 0 saturated heterocycles. The molecule has 1 unspecified atom stereocenters. The maximum absolute atomic E-state index is 13.6. The summed E-state index contributed by atoms with van der Waals surface area (Å²) in [6, 6.07) is 0. The lowest BCUT2D eigenvalue weighted by molar-refractivity contribution is 0.567. The summed E-state index contributed by atoms with van der Waals surface area (Å²) >= 11 is 0. The van der Waals surface area contributed by atoms with Crippen LogP contribution >= 0.6 is 0 Å². The molecule has 80 valence electrons. The second-order valence-corrected chi connectivity index (χ2v) is 4.21. The molecular weight excluding hydrogens is 195 g/mol. The van der Waals surface area contributed by atoms with E-state index < -0.39 is 5.83 Å². The summed E-state index contributed by atoms with van der Waals surface area (Å²) < 4.78 is 14.9. The van der Waals surface area contributed by atoms with Crippen molar-refractivity contribution in [2.24, 2.45) is 13.0 Å². The summed E-state index contributed by atoms with van der Waals surface area (Å²) in [6.07, 6.45) is 2.94. The van der Waals surface area contributed by atoms with E-state index >= 15 is 0 Å². The van der Waals surface area contributed by atoms with Gasteiger partial charge in [0.15, 0.2) is 0 Å². The number of hydrogen-bond donors (Lipinski definition) is 0. The molecule has 0 aromatic carbocycles. The van der Waals surface area contributed by atoms with Gasteiger partial charge >= 0.3 is 0 Å². The second kappa shape index (κ2) is 3.29. The van der Waals surface area contributed by atoms with E-state index in [1.54, 1.807) is 7.05 Å². The third-order valence-corrected chi connectivity index (χ3v) is 2.76. The Kier molecular flexibility index (Phi) is 2.21. The van der Waals surface area contributed by atoms with Crippen molar-refractivity contribution >= 4 is 5.83 Å². The fourth-order valence-corrected chi connectivity index (χ4v) is 1.86. The first-order valence-corrected chi connectivity index (χ1v) is 4.95. The SMILES string of the molecule is CC(C)C1C=C(F)c2c1ncn(C)c2=O. The van der Waals surface area contributed by atoms with Crippen molar-refractivity contribution in [3.8, 4) is 0 Å². The standard InChI is InChI=1S/C11H13FN2O/c1-6(2)7-4-8(12)9-10(7)13-5-14(3)11(9)15/h4-7H,1-3H3. The number of fused-ring (bicyclic) bond motifs is 1. The van der Waals surface area contributed by atoms with Crippen LogP contribution in [0.15, 0.2) is 17.2 Å². The van der Waals surface area contributed by atoms with Crippen molar-refractivity contribution in [3.05, 3.63) is 34.0 Å². The van der Waals surface area contributed by atoms with E-state index in [0.29, 0.717) is 5.69 Å². The molecule has 0 radical (unpaired) electrons. The van der Waals surface area contributed by atoms with Crippen LogP contribution in [-0.2, 0) is 7.05 Å². The normalized spacial score (nSPS) is 19.3. The third-order valence-electron chi connectivity index (χ3n) is 2.76. The zero-order valence-electron chi connectivity index (χ0n) is 8.99. The van der Waals surface area contributed by atoms with Crippen LogP contribution in [0, 0.1) is 5.92 Å². The molecule has 0 N–H and O–H groups in total. The number of hydrogen-bond acceptors (Lipinski definition) is 2. The zero-order chi connectivity index (χ0) is 11.2. The van der Waals surface area contributed by atoms with E-state index in [-0.39, 0.29) is 23.0 Å². The molecule has 0 amide bonds. The number of aromatic nitrogens is 2. The Hall–Kier alpha value is -1.45. The lowest BCUT2D eigenvalue weighted by Crippen LogP contribution is -2.22. The fourth-order valence-electron chi connectivity index (χ4n) is 1.86. The van der Waals surface area contributed by atoms with Crippen LogP contribution in [0.5, 0.6) is 0 Å². The highest BCUT2D eigenvalue weighted by Crippen LogP contribution is 2.37. The maximum atomic E-state index is 13.6. The molecule has 0 bridgehead atoms. The van der Waals surface area contributed by atoms with Crippen molar-refractivity contribution in [2.45, 2.75) is 19.8 Å². The van der Waals surface area contributed by atoms with Gasteiger partial charge in [-0.15, -0.1) is 0 Å². The molecule has 0 aliphatic heterocycles. The van der Waals surface area contributed by atoms with Crippen LogP contribution in [0.4, 0.5) is 4.39 Å². The smallest absolute Gasteiger partial charge is 0.263 e. The Balaban J connectivity index is 2.67. The van der Waals surface area contributed by atoms with E-state index in [1.807, 2.05) is 13.8 Å². The maximum Gasteiger partial charge on any atom is 0.263 e. The van der Waals surface area contributed by atoms with E-state index in [9.17, 15) is 9.18 Å². The Morgan fingerprint density at radius 3 is 2.80 bits per heavy atom. The van der Waals surface area contributed by atoms with Crippen LogP contribution in [0.2, 0.25) is 0 Å². The molecule has 1 aromatic rings. The van der Waals surface area contributed by atoms with E-state index in [0.717, 1.165) is 0 Å². The number of allylic oxidation sites excluding steroid dienone is 1. The monoisotopic (exact) mass is 208 g/mol. The van der Waals surface area contributed by atoms with Crippen molar-refractivity contribution < 1.29 is 4.39 Å². The highest BCUT2D eigenvalue weighted by molar-refractivity contribution is 5.67. The van der Waals surface area contributed by atoms with Gasteiger partial charge in [0.25, 0.3) is 5.56 Å². The Labute approximate surface area is 87.3 Å². The van der Waals surface area contributed by atoms with Gasteiger partial charge in [-0.05, 0) is 12.0 Å². The molecule has 1 aliphatic rings. The molecule has 4 heteroatoms. The van der Waals surface area contributed by atoms with Gasteiger partial charge in [0.1, 0.15) is 5.83 Å².